The molecule has 2 aliphatic heterocycles. The van der Waals surface area contributed by atoms with E-state index in [2.05, 4.69) is 21.2 Å². The number of hydrogen-bond acceptors (Lipinski definition) is 7. The molecule has 2 aliphatic rings. The predicted molar refractivity (Wildman–Crippen MR) is 113 cm³/mol. The van der Waals surface area contributed by atoms with Gasteiger partial charge in [-0.25, -0.2) is 8.42 Å². The lowest BCUT2D eigenvalue weighted by Gasteiger charge is -2.31. The fraction of sp³-hybridized carbons (Fsp3) is 0.619. The molecule has 0 N–H and O–H groups in total. The third kappa shape index (κ3) is 4.68. The van der Waals surface area contributed by atoms with E-state index >= 15 is 0 Å². The summed E-state index contributed by atoms with van der Waals surface area (Å²) in [6.07, 6.45) is 5.70. The van der Waals surface area contributed by atoms with Crippen molar-refractivity contribution in [2.75, 3.05) is 33.0 Å². The number of methoxy groups -OCH3 is 1. The van der Waals surface area contributed by atoms with Crippen LogP contribution in [0.5, 0.6) is 5.75 Å². The summed E-state index contributed by atoms with van der Waals surface area (Å²) in [7, 11) is -1.59. The number of hydrogen-bond donors (Lipinski definition) is 0. The van der Waals surface area contributed by atoms with Crippen molar-refractivity contribution < 1.29 is 17.6 Å². The third-order valence-corrected chi connectivity index (χ3v) is 7.43. The topological polar surface area (TPSA) is 88.8 Å². The molecule has 0 spiro atoms. The van der Waals surface area contributed by atoms with Crippen molar-refractivity contribution in [2.24, 2.45) is 0 Å². The number of likely N-dealkylation sites (tertiary alicyclic amines) is 1. The Morgan fingerprint density at radius 1 is 1.07 bits per heavy atom. The van der Waals surface area contributed by atoms with E-state index in [1.54, 1.807) is 7.11 Å². The number of sulfonamides is 1. The van der Waals surface area contributed by atoms with Gasteiger partial charge in [-0.05, 0) is 44.8 Å². The second-order valence-corrected chi connectivity index (χ2v) is 10.2. The van der Waals surface area contributed by atoms with E-state index in [0.29, 0.717) is 18.3 Å². The van der Waals surface area contributed by atoms with Gasteiger partial charge >= 0.3 is 0 Å². The number of ether oxygens (including phenoxy) is 1. The van der Waals surface area contributed by atoms with Gasteiger partial charge in [-0.2, -0.15) is 4.31 Å². The number of benzene rings is 1. The minimum atomic E-state index is -3.29. The largest absolute Gasteiger partial charge is 0.496 e. The molecule has 1 aromatic heterocycles. The third-order valence-electron chi connectivity index (χ3n) is 6.14. The maximum Gasteiger partial charge on any atom is 0.234 e. The Bertz CT molecular complexity index is 953. The van der Waals surface area contributed by atoms with Crippen LogP contribution in [0.2, 0.25) is 0 Å². The molecule has 1 aromatic carbocycles. The van der Waals surface area contributed by atoms with Gasteiger partial charge in [0.15, 0.2) is 0 Å². The Balaban J connectivity index is 1.38. The first-order chi connectivity index (χ1) is 14.5. The average Bonchev–Trinajstić information content (AvgIpc) is 3.24. The molecule has 8 nitrogen and oxygen atoms in total. The zero-order valence-corrected chi connectivity index (χ0v) is 18.5. The normalized spacial score (nSPS) is 22.3. The first-order valence-corrected chi connectivity index (χ1v) is 12.4. The predicted octanol–water partition coefficient (Wildman–Crippen LogP) is 2.94. The second-order valence-electron chi connectivity index (χ2n) is 8.23. The molecule has 0 saturated carbocycles. The highest BCUT2D eigenvalue weighted by molar-refractivity contribution is 7.88. The molecule has 164 valence electrons. The summed E-state index contributed by atoms with van der Waals surface area (Å²) in [6.45, 7) is 3.26. The van der Waals surface area contributed by atoms with Crippen molar-refractivity contribution in [2.45, 2.75) is 50.6 Å². The Kier molecular flexibility index (Phi) is 6.40. The fourth-order valence-electron chi connectivity index (χ4n) is 4.51. The molecule has 9 heteroatoms. The van der Waals surface area contributed by atoms with Gasteiger partial charge in [-0.3, -0.25) is 4.90 Å². The maximum atomic E-state index is 12.1. The lowest BCUT2D eigenvalue weighted by molar-refractivity contribution is 0.182. The van der Waals surface area contributed by atoms with Crippen LogP contribution in [0.4, 0.5) is 0 Å². The Morgan fingerprint density at radius 3 is 2.53 bits per heavy atom. The molecule has 0 radical (unpaired) electrons. The number of piperidine rings is 2. The van der Waals surface area contributed by atoms with Gasteiger partial charge in [-0.1, -0.05) is 24.6 Å². The van der Waals surface area contributed by atoms with Crippen LogP contribution in [0.15, 0.2) is 28.7 Å². The Labute approximate surface area is 178 Å². The van der Waals surface area contributed by atoms with E-state index in [1.807, 2.05) is 18.2 Å². The van der Waals surface area contributed by atoms with E-state index in [1.165, 1.54) is 16.1 Å². The van der Waals surface area contributed by atoms with Gasteiger partial charge in [0, 0.05) is 24.6 Å². The molecule has 30 heavy (non-hydrogen) atoms. The van der Waals surface area contributed by atoms with Crippen LogP contribution < -0.4 is 4.74 Å². The van der Waals surface area contributed by atoms with Crippen LogP contribution in [0, 0.1) is 0 Å². The number of aromatic nitrogens is 2. The maximum absolute atomic E-state index is 12.1. The molecule has 2 saturated heterocycles. The van der Waals surface area contributed by atoms with Crippen molar-refractivity contribution in [3.8, 4) is 5.75 Å². The smallest absolute Gasteiger partial charge is 0.234 e. The minimum Gasteiger partial charge on any atom is -0.496 e. The summed E-state index contributed by atoms with van der Waals surface area (Å²) in [4.78, 5) is 2.41. The van der Waals surface area contributed by atoms with Gasteiger partial charge in [-0.15, -0.1) is 10.2 Å². The quantitative estimate of drug-likeness (QED) is 0.690. The zero-order chi connectivity index (χ0) is 21.1. The molecule has 2 aromatic rings. The summed E-state index contributed by atoms with van der Waals surface area (Å²) < 4.78 is 37.2. The Morgan fingerprint density at radius 2 is 1.80 bits per heavy atom. The summed E-state index contributed by atoms with van der Waals surface area (Å²) >= 11 is 0. The monoisotopic (exact) mass is 434 g/mol. The van der Waals surface area contributed by atoms with Crippen LogP contribution in [0.3, 0.4) is 0 Å². The van der Waals surface area contributed by atoms with E-state index < -0.39 is 10.0 Å². The van der Waals surface area contributed by atoms with Gasteiger partial charge in [0.2, 0.25) is 21.8 Å². The number of rotatable bonds is 6. The van der Waals surface area contributed by atoms with Crippen molar-refractivity contribution in [1.29, 1.82) is 0 Å². The highest BCUT2D eigenvalue weighted by Crippen LogP contribution is 2.35. The number of nitrogens with zero attached hydrogens (tertiary/aromatic N) is 4. The summed E-state index contributed by atoms with van der Waals surface area (Å²) in [5.74, 6) is 2.21. The average molecular weight is 435 g/mol. The molecule has 0 unspecified atom stereocenters. The first-order valence-electron chi connectivity index (χ1n) is 10.6. The van der Waals surface area contributed by atoms with Crippen molar-refractivity contribution in [3.05, 3.63) is 41.6 Å². The molecule has 4 rings (SSSR count). The second kappa shape index (κ2) is 9.03. The van der Waals surface area contributed by atoms with Gasteiger partial charge in [0.1, 0.15) is 11.8 Å². The van der Waals surface area contributed by atoms with Crippen LogP contribution in [0.25, 0.3) is 0 Å². The first kappa shape index (κ1) is 21.3. The van der Waals surface area contributed by atoms with Gasteiger partial charge in [0.05, 0.1) is 13.4 Å². The molecule has 0 aliphatic carbocycles. The van der Waals surface area contributed by atoms with Crippen LogP contribution in [-0.4, -0.2) is 60.8 Å². The van der Waals surface area contributed by atoms with Crippen LogP contribution in [0.1, 0.15) is 61.4 Å². The molecule has 1 atom stereocenters. The lowest BCUT2D eigenvalue weighted by Crippen LogP contribution is -2.37. The molecular weight excluding hydrogens is 404 g/mol. The zero-order valence-electron chi connectivity index (χ0n) is 17.7. The highest BCUT2D eigenvalue weighted by Gasteiger charge is 2.35. The van der Waals surface area contributed by atoms with Crippen molar-refractivity contribution >= 4 is 10.0 Å². The van der Waals surface area contributed by atoms with Gasteiger partial charge in [0.25, 0.3) is 0 Å². The van der Waals surface area contributed by atoms with E-state index in [4.69, 9.17) is 9.15 Å². The molecular formula is C21H30N4O4S. The van der Waals surface area contributed by atoms with Crippen LogP contribution >= 0.6 is 0 Å². The van der Waals surface area contributed by atoms with Crippen molar-refractivity contribution in [3.63, 3.8) is 0 Å². The summed E-state index contributed by atoms with van der Waals surface area (Å²) in [5, 5.41) is 8.53. The lowest BCUT2D eigenvalue weighted by atomic mass is 9.96. The SMILES string of the molecule is COc1ccccc1CN1CCC(c2nnc([C@H]3CCCCN3S(C)(=O)=O)o2)CC1. The van der Waals surface area contributed by atoms with Gasteiger partial charge < -0.3 is 9.15 Å². The molecule has 2 fully saturated rings. The molecule has 0 bridgehead atoms. The Hall–Kier alpha value is -1.97. The highest BCUT2D eigenvalue weighted by atomic mass is 32.2. The molecule has 3 heterocycles. The minimum absolute atomic E-state index is 0.218. The summed E-state index contributed by atoms with van der Waals surface area (Å²) in [5.41, 5.74) is 1.19. The fourth-order valence-corrected chi connectivity index (χ4v) is 5.63. The van der Waals surface area contributed by atoms with Crippen molar-refractivity contribution in [1.82, 2.24) is 19.4 Å². The van der Waals surface area contributed by atoms with E-state index in [0.717, 1.165) is 57.5 Å². The number of para-hydroxylation sites is 1. The van der Waals surface area contributed by atoms with E-state index in [9.17, 15) is 8.42 Å². The van der Waals surface area contributed by atoms with E-state index in [-0.39, 0.29) is 12.0 Å². The molecule has 0 amide bonds. The standard InChI is InChI=1S/C21H30N4O4S/c1-28-19-9-4-3-7-17(19)15-24-13-10-16(11-14-24)20-22-23-21(29-20)18-8-5-6-12-25(18)30(2,26)27/h3-4,7,9,16,18H,5-6,8,10-15H2,1-2H3/t18-/m1/s1. The van der Waals surface area contributed by atoms with Crippen LogP contribution in [-0.2, 0) is 16.6 Å². The summed E-state index contributed by atoms with van der Waals surface area (Å²) in [6, 6.07) is 7.79.